The van der Waals surface area contributed by atoms with Crippen molar-refractivity contribution in [2.45, 2.75) is 57.5 Å². The summed E-state index contributed by atoms with van der Waals surface area (Å²) in [6, 6.07) is 8.17. The Balaban J connectivity index is 1.52. The summed E-state index contributed by atoms with van der Waals surface area (Å²) in [4.78, 5) is 30.1. The second-order valence-corrected chi connectivity index (χ2v) is 8.85. The lowest BCUT2D eigenvalue weighted by Gasteiger charge is -2.44. The highest BCUT2D eigenvalue weighted by Gasteiger charge is 2.46. The Morgan fingerprint density at radius 3 is 2.80 bits per heavy atom. The number of rotatable bonds is 3. The Hall–Kier alpha value is -2.08. The third-order valence-electron chi connectivity index (χ3n) is 6.63. The number of carbonyl (C=O) groups excluding carboxylic acids is 2. The fourth-order valence-electron chi connectivity index (χ4n) is 4.62. The van der Waals surface area contributed by atoms with E-state index >= 15 is 0 Å². The van der Waals surface area contributed by atoms with Crippen molar-refractivity contribution in [2.24, 2.45) is 5.92 Å². The minimum Gasteiger partial charge on any atom is -0.491 e. The van der Waals surface area contributed by atoms with Gasteiger partial charge < -0.3 is 19.3 Å². The van der Waals surface area contributed by atoms with E-state index in [0.717, 1.165) is 37.9 Å². The number of amides is 2. The fourth-order valence-corrected chi connectivity index (χ4v) is 4.62. The smallest absolute Gasteiger partial charge is 0.256 e. The van der Waals surface area contributed by atoms with Crippen LogP contribution in [0.15, 0.2) is 24.3 Å². The average Bonchev–Trinajstić information content (AvgIpc) is 3.58. The molecule has 0 bridgehead atoms. The molecule has 3 aliphatic rings. The van der Waals surface area contributed by atoms with Gasteiger partial charge in [-0.3, -0.25) is 9.59 Å². The highest BCUT2D eigenvalue weighted by Crippen LogP contribution is 2.34. The summed E-state index contributed by atoms with van der Waals surface area (Å²) in [6.07, 6.45) is 6.34. The van der Waals surface area contributed by atoms with Gasteiger partial charge in [-0.1, -0.05) is 18.2 Å². The van der Waals surface area contributed by atoms with E-state index in [2.05, 4.69) is 6.07 Å². The van der Waals surface area contributed by atoms with Crippen LogP contribution >= 0.6 is 0 Å². The van der Waals surface area contributed by atoms with Crippen LogP contribution in [0.1, 0.15) is 51.0 Å². The molecule has 6 nitrogen and oxygen atoms in total. The Morgan fingerprint density at radius 1 is 1.17 bits per heavy atom. The first-order chi connectivity index (χ1) is 14.6. The van der Waals surface area contributed by atoms with Crippen molar-refractivity contribution < 1.29 is 19.1 Å². The molecule has 0 radical (unpaired) electrons. The van der Waals surface area contributed by atoms with Crippen molar-refractivity contribution in [3.63, 3.8) is 0 Å². The Morgan fingerprint density at radius 2 is 2.00 bits per heavy atom. The maximum absolute atomic E-state index is 13.6. The van der Waals surface area contributed by atoms with E-state index in [1.807, 2.05) is 34.9 Å². The standard InChI is InChI=1S/C24H34N2O4/c1-2-25-13-15-29-21-9-4-3-7-20(21)8-5-6-12-24(23(25)28)18-26(14-16-30-24)22(27)17-19-10-11-19/h3-4,7,9,19H,2,5-6,8,10-18H2,1H3. The minimum atomic E-state index is -0.924. The van der Waals surface area contributed by atoms with E-state index < -0.39 is 5.60 Å². The van der Waals surface area contributed by atoms with E-state index in [1.165, 1.54) is 5.56 Å². The highest BCUT2D eigenvalue weighted by atomic mass is 16.5. The maximum Gasteiger partial charge on any atom is 0.256 e. The molecule has 0 aromatic heterocycles. The number of hydrogen-bond acceptors (Lipinski definition) is 4. The van der Waals surface area contributed by atoms with E-state index in [4.69, 9.17) is 9.47 Å². The van der Waals surface area contributed by atoms with Gasteiger partial charge in [-0.15, -0.1) is 0 Å². The van der Waals surface area contributed by atoms with Crippen LogP contribution in [0, 0.1) is 5.92 Å². The highest BCUT2D eigenvalue weighted by molar-refractivity contribution is 5.87. The zero-order chi connectivity index (χ0) is 21.0. The monoisotopic (exact) mass is 414 g/mol. The molecule has 1 saturated carbocycles. The largest absolute Gasteiger partial charge is 0.491 e. The third-order valence-corrected chi connectivity index (χ3v) is 6.63. The van der Waals surface area contributed by atoms with E-state index in [9.17, 15) is 9.59 Å². The van der Waals surface area contributed by atoms with Crippen molar-refractivity contribution in [3.8, 4) is 5.75 Å². The molecule has 164 valence electrons. The molecule has 1 atom stereocenters. The number of likely N-dealkylation sites (N-methyl/N-ethyl adjacent to an activating group) is 1. The van der Waals surface area contributed by atoms with Crippen molar-refractivity contribution >= 4 is 11.8 Å². The van der Waals surface area contributed by atoms with Gasteiger partial charge in [-0.05, 0) is 63.0 Å². The van der Waals surface area contributed by atoms with Crippen LogP contribution in [0.5, 0.6) is 5.75 Å². The van der Waals surface area contributed by atoms with Crippen LogP contribution < -0.4 is 4.74 Å². The summed E-state index contributed by atoms with van der Waals surface area (Å²) in [5.74, 6) is 1.65. The van der Waals surface area contributed by atoms with Crippen molar-refractivity contribution in [3.05, 3.63) is 29.8 Å². The van der Waals surface area contributed by atoms with Gasteiger partial charge in [0.2, 0.25) is 5.91 Å². The predicted molar refractivity (Wildman–Crippen MR) is 114 cm³/mol. The van der Waals surface area contributed by atoms with E-state index in [0.29, 0.717) is 58.2 Å². The van der Waals surface area contributed by atoms with Gasteiger partial charge in [0, 0.05) is 19.5 Å². The second kappa shape index (κ2) is 9.38. The summed E-state index contributed by atoms with van der Waals surface area (Å²) in [6.45, 7) is 4.96. The molecule has 1 spiro atoms. The molecule has 2 fully saturated rings. The van der Waals surface area contributed by atoms with Gasteiger partial charge in [-0.2, -0.15) is 0 Å². The third kappa shape index (κ3) is 4.80. The van der Waals surface area contributed by atoms with Gasteiger partial charge in [0.15, 0.2) is 5.60 Å². The number of morpholine rings is 1. The molecule has 1 aliphatic carbocycles. The summed E-state index contributed by atoms with van der Waals surface area (Å²) in [5, 5.41) is 0. The van der Waals surface area contributed by atoms with Gasteiger partial charge in [0.25, 0.3) is 5.91 Å². The molecular formula is C24H34N2O4. The molecule has 1 aromatic carbocycles. The molecular weight excluding hydrogens is 380 g/mol. The quantitative estimate of drug-likeness (QED) is 0.763. The number of nitrogens with zero attached hydrogens (tertiary/aromatic N) is 2. The number of ether oxygens (including phenoxy) is 2. The molecule has 0 N–H and O–H groups in total. The zero-order valence-electron chi connectivity index (χ0n) is 18.1. The molecule has 30 heavy (non-hydrogen) atoms. The van der Waals surface area contributed by atoms with Crippen LogP contribution in [-0.2, 0) is 20.7 Å². The zero-order valence-corrected chi connectivity index (χ0v) is 18.1. The minimum absolute atomic E-state index is 0.00591. The number of fused-ring (bicyclic) bond motifs is 1. The normalized spacial score (nSPS) is 25.8. The lowest BCUT2D eigenvalue weighted by molar-refractivity contribution is -0.176. The van der Waals surface area contributed by atoms with Gasteiger partial charge in [-0.25, -0.2) is 0 Å². The van der Waals surface area contributed by atoms with E-state index in [1.54, 1.807) is 0 Å². The maximum atomic E-state index is 13.6. The van der Waals surface area contributed by atoms with Gasteiger partial charge in [0.1, 0.15) is 12.4 Å². The van der Waals surface area contributed by atoms with Crippen molar-refractivity contribution in [1.29, 1.82) is 0 Å². The van der Waals surface area contributed by atoms with Crippen LogP contribution in [0.3, 0.4) is 0 Å². The van der Waals surface area contributed by atoms with Gasteiger partial charge in [0.05, 0.1) is 19.7 Å². The second-order valence-electron chi connectivity index (χ2n) is 8.85. The Bertz CT molecular complexity index is 763. The average molecular weight is 415 g/mol. The number of carbonyl (C=O) groups is 2. The topological polar surface area (TPSA) is 59.1 Å². The summed E-state index contributed by atoms with van der Waals surface area (Å²) >= 11 is 0. The number of para-hydroxylation sites is 1. The van der Waals surface area contributed by atoms with Crippen molar-refractivity contribution in [2.75, 3.05) is 39.4 Å². The number of benzene rings is 1. The fraction of sp³-hybridized carbons (Fsp3) is 0.667. The number of hydrogen-bond donors (Lipinski definition) is 0. The lowest BCUT2D eigenvalue weighted by atomic mass is 9.90. The molecule has 2 aliphatic heterocycles. The van der Waals surface area contributed by atoms with E-state index in [-0.39, 0.29) is 11.8 Å². The van der Waals surface area contributed by atoms with Crippen LogP contribution in [0.4, 0.5) is 0 Å². The predicted octanol–water partition coefficient (Wildman–Crippen LogP) is 3.04. The van der Waals surface area contributed by atoms with Crippen LogP contribution in [0.25, 0.3) is 0 Å². The Kier molecular flexibility index (Phi) is 6.61. The summed E-state index contributed by atoms with van der Waals surface area (Å²) in [7, 11) is 0. The summed E-state index contributed by atoms with van der Waals surface area (Å²) < 4.78 is 12.2. The first-order valence-electron chi connectivity index (χ1n) is 11.5. The molecule has 4 rings (SSSR count). The molecule has 6 heteroatoms. The lowest BCUT2D eigenvalue weighted by Crippen LogP contribution is -2.62. The van der Waals surface area contributed by atoms with Gasteiger partial charge >= 0.3 is 0 Å². The summed E-state index contributed by atoms with van der Waals surface area (Å²) in [5.41, 5.74) is 0.291. The van der Waals surface area contributed by atoms with Crippen molar-refractivity contribution in [1.82, 2.24) is 9.80 Å². The number of aryl methyl sites for hydroxylation is 1. The molecule has 2 heterocycles. The Labute approximate surface area is 179 Å². The van der Waals surface area contributed by atoms with Crippen LogP contribution in [-0.4, -0.2) is 66.6 Å². The first kappa shape index (κ1) is 21.2. The molecule has 1 unspecified atom stereocenters. The molecule has 1 saturated heterocycles. The molecule has 2 amide bonds. The van der Waals surface area contributed by atoms with Crippen LogP contribution in [0.2, 0.25) is 0 Å². The molecule has 1 aromatic rings. The SMILES string of the molecule is CCN1CCOc2ccccc2CCCCC2(CN(C(=O)CC3CC3)CCO2)C1=O. The first-order valence-corrected chi connectivity index (χ1v) is 11.5.